The number of carbonyl (C=O) groups excluding carboxylic acids is 1. The molecule has 0 aliphatic rings. The maximum Gasteiger partial charge on any atom is 0.508 e. The van der Waals surface area contributed by atoms with E-state index in [-0.39, 0.29) is 24.5 Å². The number of hydrogen-bond donors (Lipinski definition) is 0. The molecule has 0 aromatic heterocycles. The van der Waals surface area contributed by atoms with Crippen LogP contribution in [0.3, 0.4) is 0 Å². The fraction of sp³-hybridized carbons (Fsp3) is 0.412. The molecule has 130 valence electrons. The summed E-state index contributed by atoms with van der Waals surface area (Å²) in [5.41, 5.74) is 0. The van der Waals surface area contributed by atoms with Gasteiger partial charge in [-0.1, -0.05) is 30.4 Å². The first-order valence-corrected chi connectivity index (χ1v) is 9.20. The van der Waals surface area contributed by atoms with Gasteiger partial charge < -0.3 is 9.47 Å². The van der Waals surface area contributed by atoms with Crippen LogP contribution in [0, 0.1) is 11.3 Å². The van der Waals surface area contributed by atoms with Gasteiger partial charge in [0.2, 0.25) is 0 Å². The van der Waals surface area contributed by atoms with E-state index < -0.39 is 21.2 Å². The summed E-state index contributed by atoms with van der Waals surface area (Å²) in [4.78, 5) is 11.1. The summed E-state index contributed by atoms with van der Waals surface area (Å²) in [6.45, 7) is 2.04. The largest absolute Gasteiger partial charge is 0.508 e. The zero-order valence-corrected chi connectivity index (χ0v) is 14.4. The van der Waals surface area contributed by atoms with E-state index in [1.54, 1.807) is 37.3 Å². The van der Waals surface area contributed by atoms with E-state index in [0.717, 1.165) is 0 Å². The molecule has 1 atom stereocenters. The molecule has 0 bridgehead atoms. The number of sulfone groups is 1. The van der Waals surface area contributed by atoms with Crippen molar-refractivity contribution >= 4 is 16.0 Å². The van der Waals surface area contributed by atoms with E-state index in [9.17, 15) is 13.2 Å². The third-order valence-corrected chi connectivity index (χ3v) is 5.17. The van der Waals surface area contributed by atoms with Crippen LogP contribution in [-0.4, -0.2) is 33.0 Å². The zero-order chi connectivity index (χ0) is 17.8. The summed E-state index contributed by atoms with van der Waals surface area (Å²) in [5, 5.41) is 8.09. The van der Waals surface area contributed by atoms with Crippen molar-refractivity contribution in [3.63, 3.8) is 0 Å². The second-order valence-electron chi connectivity index (χ2n) is 4.87. The SMILES string of the molecule is CCOC(=O)OC/C=C/CCCC(C#N)S(=O)(=O)c1ccccc1. The van der Waals surface area contributed by atoms with Crippen LogP contribution >= 0.6 is 0 Å². The van der Waals surface area contributed by atoms with E-state index in [0.29, 0.717) is 12.8 Å². The second-order valence-corrected chi connectivity index (χ2v) is 7.00. The molecule has 1 aromatic carbocycles. The van der Waals surface area contributed by atoms with Crippen molar-refractivity contribution in [3.8, 4) is 6.07 Å². The Hall–Kier alpha value is -2.33. The van der Waals surface area contributed by atoms with Gasteiger partial charge in [-0.25, -0.2) is 13.2 Å². The minimum absolute atomic E-state index is 0.100. The van der Waals surface area contributed by atoms with E-state index in [4.69, 9.17) is 10.00 Å². The number of hydrogen-bond acceptors (Lipinski definition) is 6. The Kier molecular flexibility index (Phi) is 8.58. The van der Waals surface area contributed by atoms with Gasteiger partial charge in [-0.15, -0.1) is 0 Å². The first kappa shape index (κ1) is 19.7. The first-order chi connectivity index (χ1) is 11.5. The molecule has 0 amide bonds. The van der Waals surface area contributed by atoms with Crippen LogP contribution in [0.4, 0.5) is 4.79 Å². The number of nitrogens with zero attached hydrogens (tertiary/aromatic N) is 1. The second kappa shape index (κ2) is 10.4. The number of benzene rings is 1. The highest BCUT2D eigenvalue weighted by Gasteiger charge is 2.26. The van der Waals surface area contributed by atoms with Crippen molar-refractivity contribution in [2.45, 2.75) is 36.3 Å². The molecule has 0 radical (unpaired) electrons. The molecule has 1 aromatic rings. The van der Waals surface area contributed by atoms with Gasteiger partial charge in [-0.2, -0.15) is 5.26 Å². The van der Waals surface area contributed by atoms with Crippen LogP contribution in [0.1, 0.15) is 26.2 Å². The van der Waals surface area contributed by atoms with E-state index in [2.05, 4.69) is 4.74 Å². The maximum absolute atomic E-state index is 12.4. The van der Waals surface area contributed by atoms with Gasteiger partial charge in [-0.05, 0) is 38.3 Å². The molecule has 6 nitrogen and oxygen atoms in total. The van der Waals surface area contributed by atoms with Gasteiger partial charge in [-0.3, -0.25) is 0 Å². The van der Waals surface area contributed by atoms with Crippen LogP contribution in [0.15, 0.2) is 47.4 Å². The summed E-state index contributed by atoms with van der Waals surface area (Å²) in [7, 11) is -3.64. The average molecular weight is 351 g/mol. The fourth-order valence-corrected chi connectivity index (χ4v) is 3.43. The van der Waals surface area contributed by atoms with Gasteiger partial charge >= 0.3 is 6.16 Å². The Morgan fingerprint density at radius 3 is 2.58 bits per heavy atom. The molecule has 1 rings (SSSR count). The lowest BCUT2D eigenvalue weighted by Crippen LogP contribution is -2.19. The molecular formula is C17H21NO5S. The van der Waals surface area contributed by atoms with Crippen molar-refractivity contribution < 1.29 is 22.7 Å². The van der Waals surface area contributed by atoms with Crippen molar-refractivity contribution in [2.75, 3.05) is 13.2 Å². The normalized spacial score (nSPS) is 12.5. The lowest BCUT2D eigenvalue weighted by molar-refractivity contribution is 0.0673. The Labute approximate surface area is 142 Å². The molecule has 1 unspecified atom stereocenters. The predicted molar refractivity (Wildman–Crippen MR) is 89.0 cm³/mol. The number of nitriles is 1. The quantitative estimate of drug-likeness (QED) is 0.385. The van der Waals surface area contributed by atoms with Crippen molar-refractivity contribution in [1.82, 2.24) is 0 Å². The van der Waals surface area contributed by atoms with Crippen LogP contribution in [-0.2, 0) is 19.3 Å². The van der Waals surface area contributed by atoms with E-state index in [1.807, 2.05) is 6.07 Å². The number of carbonyl (C=O) groups is 1. The molecule has 0 saturated heterocycles. The van der Waals surface area contributed by atoms with Gasteiger partial charge in [0.25, 0.3) is 0 Å². The molecule has 7 heteroatoms. The highest BCUT2D eigenvalue weighted by atomic mass is 32.2. The summed E-state index contributed by atoms with van der Waals surface area (Å²) in [5.74, 6) is 0. The molecule has 0 fully saturated rings. The van der Waals surface area contributed by atoms with Crippen LogP contribution in [0.25, 0.3) is 0 Å². The first-order valence-electron chi connectivity index (χ1n) is 7.65. The highest BCUT2D eigenvalue weighted by Crippen LogP contribution is 2.19. The lowest BCUT2D eigenvalue weighted by Gasteiger charge is -2.10. The van der Waals surface area contributed by atoms with Gasteiger partial charge in [0, 0.05) is 0 Å². The van der Waals surface area contributed by atoms with Crippen LogP contribution in [0.5, 0.6) is 0 Å². The summed E-state index contributed by atoms with van der Waals surface area (Å²) < 4.78 is 34.1. The van der Waals surface area contributed by atoms with Gasteiger partial charge in [0.1, 0.15) is 6.61 Å². The molecule has 0 N–H and O–H groups in total. The summed E-state index contributed by atoms with van der Waals surface area (Å²) in [6, 6.07) is 9.85. The van der Waals surface area contributed by atoms with Gasteiger partial charge in [0.15, 0.2) is 15.1 Å². The minimum Gasteiger partial charge on any atom is -0.435 e. The smallest absolute Gasteiger partial charge is 0.435 e. The maximum atomic E-state index is 12.4. The van der Waals surface area contributed by atoms with Gasteiger partial charge in [0.05, 0.1) is 17.6 Å². The average Bonchev–Trinajstić information content (AvgIpc) is 2.58. The van der Waals surface area contributed by atoms with Crippen LogP contribution in [0.2, 0.25) is 0 Å². The van der Waals surface area contributed by atoms with E-state index in [1.165, 1.54) is 12.1 Å². The number of rotatable bonds is 9. The van der Waals surface area contributed by atoms with Crippen molar-refractivity contribution in [3.05, 3.63) is 42.5 Å². The molecule has 0 heterocycles. The molecular weight excluding hydrogens is 330 g/mol. The monoisotopic (exact) mass is 351 g/mol. The molecule has 0 saturated carbocycles. The Morgan fingerprint density at radius 2 is 1.96 bits per heavy atom. The summed E-state index contributed by atoms with van der Waals surface area (Å²) in [6.07, 6.45) is 4.10. The summed E-state index contributed by atoms with van der Waals surface area (Å²) >= 11 is 0. The Balaban J connectivity index is 2.40. The molecule has 0 aliphatic carbocycles. The van der Waals surface area contributed by atoms with Crippen molar-refractivity contribution in [1.29, 1.82) is 5.26 Å². The number of allylic oxidation sites excluding steroid dienone is 1. The van der Waals surface area contributed by atoms with E-state index >= 15 is 0 Å². The topological polar surface area (TPSA) is 93.5 Å². The number of ether oxygens (including phenoxy) is 2. The number of unbranched alkanes of at least 4 members (excludes halogenated alkanes) is 1. The highest BCUT2D eigenvalue weighted by molar-refractivity contribution is 7.92. The molecule has 0 spiro atoms. The standard InChI is InChI=1S/C17H21NO5S/c1-2-22-17(19)23-13-9-4-3-6-12-16(14-18)24(20,21)15-10-7-5-8-11-15/h4-5,7-11,16H,2-3,6,12-13H2,1H3/b9-4+. The third-order valence-electron chi connectivity index (χ3n) is 3.15. The molecule has 0 aliphatic heterocycles. The predicted octanol–water partition coefficient (Wildman–Crippen LogP) is 3.25. The third kappa shape index (κ3) is 6.42. The Morgan fingerprint density at radius 1 is 1.25 bits per heavy atom. The lowest BCUT2D eigenvalue weighted by atomic mass is 10.2. The fourth-order valence-electron chi connectivity index (χ4n) is 1.95. The minimum atomic E-state index is -3.64. The van der Waals surface area contributed by atoms with Crippen molar-refractivity contribution in [2.24, 2.45) is 0 Å². The molecule has 24 heavy (non-hydrogen) atoms. The van der Waals surface area contributed by atoms with Crippen LogP contribution < -0.4 is 0 Å². The Bertz CT molecular complexity index is 677. The zero-order valence-electron chi connectivity index (χ0n) is 13.6.